The van der Waals surface area contributed by atoms with Gasteiger partial charge in [0.15, 0.2) is 0 Å². The van der Waals surface area contributed by atoms with E-state index in [1.54, 1.807) is 17.3 Å². The first-order chi connectivity index (χ1) is 16.9. The SMILES string of the molecule is CCC1(CC)CC2(CC=C(C3=CN(O)C=CN3CCNC(C)N(C(=O)OC)C(C)(C)C)CC2)NC1=O. The molecule has 0 aromatic heterocycles. The first-order valence-electron chi connectivity index (χ1n) is 13.2. The maximum atomic E-state index is 12.8. The van der Waals surface area contributed by atoms with E-state index >= 15 is 0 Å². The number of carbonyl (C=O) groups excluding carboxylic acids is 2. The van der Waals surface area contributed by atoms with Crippen LogP contribution in [0.1, 0.15) is 80.1 Å². The van der Waals surface area contributed by atoms with Crippen LogP contribution in [0.2, 0.25) is 0 Å². The van der Waals surface area contributed by atoms with E-state index in [-0.39, 0.29) is 29.1 Å². The third-order valence-electron chi connectivity index (χ3n) is 8.07. The summed E-state index contributed by atoms with van der Waals surface area (Å²) in [4.78, 5) is 29.0. The molecule has 3 rings (SSSR count). The minimum atomic E-state index is -0.390. The molecule has 3 aliphatic rings. The smallest absolute Gasteiger partial charge is 0.411 e. The summed E-state index contributed by atoms with van der Waals surface area (Å²) in [5, 5.41) is 18.0. The van der Waals surface area contributed by atoms with Crippen molar-refractivity contribution < 1.29 is 19.5 Å². The lowest BCUT2D eigenvalue weighted by Crippen LogP contribution is -2.56. The predicted molar refractivity (Wildman–Crippen MR) is 139 cm³/mol. The molecule has 1 aliphatic carbocycles. The Hall–Kier alpha value is -2.52. The maximum absolute atomic E-state index is 12.8. The lowest BCUT2D eigenvalue weighted by Gasteiger charge is -2.40. The molecule has 2 heterocycles. The number of nitrogens with zero attached hydrogens (tertiary/aromatic N) is 3. The lowest BCUT2D eigenvalue weighted by atomic mass is 9.71. The average Bonchev–Trinajstić information content (AvgIpc) is 3.10. The van der Waals surface area contributed by atoms with Gasteiger partial charge in [-0.2, -0.15) is 0 Å². The van der Waals surface area contributed by atoms with Crippen LogP contribution in [0.4, 0.5) is 4.79 Å². The number of rotatable bonds is 8. The summed E-state index contributed by atoms with van der Waals surface area (Å²) in [6.07, 6.45) is 12.0. The standard InChI is InChI=1S/C27H45N5O4/c1-8-26(9-2)19-27(29-23(26)33)12-10-21(11-13-27)22-18-31(35)17-16-30(22)15-14-28-20(3)32(24(34)36-7)25(4,5)6/h10,16-18,20,28,35H,8-9,11-15,19H2,1-7H3,(H,29,33). The minimum absolute atomic E-state index is 0.164. The minimum Gasteiger partial charge on any atom is -0.453 e. The highest BCUT2D eigenvalue weighted by molar-refractivity contribution is 5.86. The Morgan fingerprint density at radius 3 is 2.53 bits per heavy atom. The number of hydroxylamine groups is 2. The highest BCUT2D eigenvalue weighted by Gasteiger charge is 2.52. The molecule has 0 aromatic carbocycles. The van der Waals surface area contributed by atoms with Gasteiger partial charge in [-0.05, 0) is 71.8 Å². The molecule has 9 heteroatoms. The van der Waals surface area contributed by atoms with Crippen LogP contribution in [0.5, 0.6) is 0 Å². The number of hydrogen-bond acceptors (Lipinski definition) is 7. The molecule has 0 aromatic rings. The van der Waals surface area contributed by atoms with Crippen LogP contribution in [-0.4, -0.2) is 69.5 Å². The van der Waals surface area contributed by atoms with Crippen molar-refractivity contribution in [3.05, 3.63) is 35.9 Å². The number of ether oxygens (including phenoxy) is 1. The summed E-state index contributed by atoms with van der Waals surface area (Å²) in [6.45, 7) is 13.4. The van der Waals surface area contributed by atoms with Crippen molar-refractivity contribution in [2.45, 2.75) is 97.3 Å². The van der Waals surface area contributed by atoms with Crippen molar-refractivity contribution in [1.82, 2.24) is 25.5 Å². The maximum Gasteiger partial charge on any atom is 0.411 e. The van der Waals surface area contributed by atoms with Crippen molar-refractivity contribution in [2.75, 3.05) is 20.2 Å². The fourth-order valence-electron chi connectivity index (χ4n) is 5.90. The van der Waals surface area contributed by atoms with Crippen molar-refractivity contribution in [1.29, 1.82) is 0 Å². The van der Waals surface area contributed by atoms with Gasteiger partial charge in [0, 0.05) is 36.6 Å². The van der Waals surface area contributed by atoms with Crippen LogP contribution in [0.15, 0.2) is 35.9 Å². The number of allylic oxidation sites excluding steroid dienone is 1. The number of hydrogen-bond donors (Lipinski definition) is 3. The second kappa shape index (κ2) is 10.8. The van der Waals surface area contributed by atoms with E-state index in [0.717, 1.165) is 49.3 Å². The molecule has 0 bridgehead atoms. The van der Waals surface area contributed by atoms with Gasteiger partial charge in [0.25, 0.3) is 0 Å². The van der Waals surface area contributed by atoms with E-state index in [1.807, 2.05) is 33.9 Å². The van der Waals surface area contributed by atoms with Crippen molar-refractivity contribution in [3.63, 3.8) is 0 Å². The van der Waals surface area contributed by atoms with Crippen molar-refractivity contribution in [3.8, 4) is 0 Å². The van der Waals surface area contributed by atoms with Crippen LogP contribution in [0, 0.1) is 5.41 Å². The van der Waals surface area contributed by atoms with E-state index < -0.39 is 5.54 Å². The van der Waals surface area contributed by atoms with Crippen molar-refractivity contribution >= 4 is 12.0 Å². The molecule has 1 fully saturated rings. The van der Waals surface area contributed by atoms with Crippen LogP contribution in [0.25, 0.3) is 0 Å². The van der Waals surface area contributed by atoms with Gasteiger partial charge in [0.05, 0.1) is 30.6 Å². The normalized spacial score (nSPS) is 24.4. The molecule has 9 nitrogen and oxygen atoms in total. The molecule has 2 aliphatic heterocycles. The molecule has 0 saturated carbocycles. The molecular weight excluding hydrogens is 458 g/mol. The molecular formula is C27H45N5O4. The first-order valence-corrected chi connectivity index (χ1v) is 13.2. The summed E-state index contributed by atoms with van der Waals surface area (Å²) in [7, 11) is 1.40. The molecule has 1 spiro atoms. The second-order valence-corrected chi connectivity index (χ2v) is 11.4. The van der Waals surface area contributed by atoms with Gasteiger partial charge in [-0.15, -0.1) is 0 Å². The van der Waals surface area contributed by atoms with Gasteiger partial charge < -0.3 is 15.0 Å². The van der Waals surface area contributed by atoms with Crippen LogP contribution in [0.3, 0.4) is 0 Å². The molecule has 36 heavy (non-hydrogen) atoms. The number of nitrogens with one attached hydrogen (secondary N) is 2. The number of carbonyl (C=O) groups is 2. The highest BCUT2D eigenvalue weighted by Crippen LogP contribution is 2.47. The predicted octanol–water partition coefficient (Wildman–Crippen LogP) is 4.28. The fourth-order valence-corrected chi connectivity index (χ4v) is 5.90. The Balaban J connectivity index is 1.66. The zero-order valence-electron chi connectivity index (χ0n) is 23.1. The zero-order valence-corrected chi connectivity index (χ0v) is 23.1. The molecule has 202 valence electrons. The van der Waals surface area contributed by atoms with E-state index in [1.165, 1.54) is 12.7 Å². The van der Waals surface area contributed by atoms with Crippen LogP contribution < -0.4 is 10.6 Å². The lowest BCUT2D eigenvalue weighted by molar-refractivity contribution is -0.128. The third-order valence-corrected chi connectivity index (χ3v) is 8.07. The Morgan fingerprint density at radius 1 is 1.31 bits per heavy atom. The Morgan fingerprint density at radius 2 is 2.00 bits per heavy atom. The van der Waals surface area contributed by atoms with E-state index in [2.05, 4.69) is 35.5 Å². The van der Waals surface area contributed by atoms with Crippen molar-refractivity contribution in [2.24, 2.45) is 5.41 Å². The van der Waals surface area contributed by atoms with Gasteiger partial charge >= 0.3 is 6.09 Å². The number of amides is 2. The summed E-state index contributed by atoms with van der Waals surface area (Å²) < 4.78 is 4.99. The van der Waals surface area contributed by atoms with Crippen LogP contribution >= 0.6 is 0 Å². The van der Waals surface area contributed by atoms with E-state index in [0.29, 0.717) is 13.1 Å². The average molecular weight is 504 g/mol. The summed E-state index contributed by atoms with van der Waals surface area (Å²) >= 11 is 0. The number of methoxy groups -OCH3 is 1. The van der Waals surface area contributed by atoms with Gasteiger partial charge in [0.1, 0.15) is 0 Å². The third kappa shape index (κ3) is 5.72. The quantitative estimate of drug-likeness (QED) is 0.425. The highest BCUT2D eigenvalue weighted by atomic mass is 16.5. The summed E-state index contributed by atoms with van der Waals surface area (Å²) in [5.74, 6) is 0.198. The molecule has 2 unspecified atom stereocenters. The first kappa shape index (κ1) is 28.1. The molecule has 2 atom stereocenters. The van der Waals surface area contributed by atoms with Gasteiger partial charge in [-0.25, -0.2) is 9.86 Å². The fraction of sp³-hybridized carbons (Fsp3) is 0.704. The van der Waals surface area contributed by atoms with E-state index in [4.69, 9.17) is 4.74 Å². The van der Waals surface area contributed by atoms with Gasteiger partial charge in [-0.1, -0.05) is 19.9 Å². The van der Waals surface area contributed by atoms with Crippen LogP contribution in [-0.2, 0) is 9.53 Å². The summed E-state index contributed by atoms with van der Waals surface area (Å²) in [6, 6.07) is 0. The molecule has 3 N–H and O–H groups in total. The van der Waals surface area contributed by atoms with Gasteiger partial charge in [-0.3, -0.25) is 20.2 Å². The monoisotopic (exact) mass is 503 g/mol. The zero-order chi connectivity index (χ0) is 26.7. The summed E-state index contributed by atoms with van der Waals surface area (Å²) in [5.41, 5.74) is 1.32. The molecule has 0 radical (unpaired) electrons. The molecule has 2 amide bonds. The largest absolute Gasteiger partial charge is 0.453 e. The second-order valence-electron chi connectivity index (χ2n) is 11.4. The Bertz CT molecular complexity index is 918. The topological polar surface area (TPSA) is 97.4 Å². The Labute approximate surface area is 216 Å². The Kier molecular flexibility index (Phi) is 8.45. The van der Waals surface area contributed by atoms with E-state index in [9.17, 15) is 14.8 Å². The van der Waals surface area contributed by atoms with Gasteiger partial charge in [0.2, 0.25) is 5.91 Å². The molecule has 1 saturated heterocycles.